The van der Waals surface area contributed by atoms with Gasteiger partial charge in [-0.2, -0.15) is 0 Å². The Hall–Kier alpha value is -1.44. The molecular formula is C19H16Cl2OSe. The Morgan fingerprint density at radius 1 is 0.652 bits per heavy atom. The predicted molar refractivity (Wildman–Crippen MR) is 101 cm³/mol. The van der Waals surface area contributed by atoms with Crippen molar-refractivity contribution >= 4 is 47.1 Å². The zero-order chi connectivity index (χ0) is 16.5. The van der Waals surface area contributed by atoms with Gasteiger partial charge in [0.05, 0.1) is 7.11 Å². The zero-order valence-corrected chi connectivity index (χ0v) is 15.8. The Kier molecular flexibility index (Phi) is 7.51. The molecule has 0 N–H and O–H groups in total. The second-order valence-electron chi connectivity index (χ2n) is 4.53. The number of hydrogen-bond donors (Lipinski definition) is 0. The van der Waals surface area contributed by atoms with E-state index in [0.717, 1.165) is 15.8 Å². The molecule has 0 atom stereocenters. The summed E-state index contributed by atoms with van der Waals surface area (Å²) in [6, 6.07) is 25.6. The van der Waals surface area contributed by atoms with Crippen molar-refractivity contribution in [1.29, 1.82) is 0 Å². The van der Waals surface area contributed by atoms with Crippen molar-refractivity contribution in [1.82, 2.24) is 0 Å². The Labute approximate surface area is 153 Å². The molecule has 0 saturated heterocycles. The molecule has 1 nitrogen and oxygen atoms in total. The molecule has 0 aliphatic rings. The van der Waals surface area contributed by atoms with Crippen LogP contribution in [-0.2, 0) is 0 Å². The zero-order valence-electron chi connectivity index (χ0n) is 12.6. The van der Waals surface area contributed by atoms with Crippen LogP contribution < -0.4 is 13.7 Å². The summed E-state index contributed by atoms with van der Waals surface area (Å²) in [5.74, 6) is 0.910. The molecule has 0 bridgehead atoms. The molecule has 0 saturated carbocycles. The second kappa shape index (κ2) is 9.64. The van der Waals surface area contributed by atoms with Crippen LogP contribution >= 0.6 is 23.2 Å². The van der Waals surface area contributed by atoms with Crippen molar-refractivity contribution < 1.29 is 4.74 Å². The van der Waals surface area contributed by atoms with Gasteiger partial charge in [-0.15, -0.1) is 0 Å². The number of benzene rings is 3. The molecule has 3 aromatic rings. The molecule has 23 heavy (non-hydrogen) atoms. The maximum absolute atomic E-state index is 5.82. The average Bonchev–Trinajstić information content (AvgIpc) is 2.60. The minimum absolute atomic E-state index is 0.329. The van der Waals surface area contributed by atoms with Gasteiger partial charge in [0.1, 0.15) is 5.75 Å². The number of hydrogen-bond acceptors (Lipinski definition) is 1. The van der Waals surface area contributed by atoms with E-state index in [2.05, 4.69) is 24.3 Å². The molecule has 0 amide bonds. The van der Waals surface area contributed by atoms with Crippen LogP contribution in [0.1, 0.15) is 0 Å². The van der Waals surface area contributed by atoms with E-state index in [-0.39, 0.29) is 0 Å². The summed E-state index contributed by atoms with van der Waals surface area (Å²) in [5.41, 5.74) is 0. The third-order valence-corrected chi connectivity index (χ3v) is 5.48. The van der Waals surface area contributed by atoms with Gasteiger partial charge in [-0.05, 0) is 12.1 Å². The van der Waals surface area contributed by atoms with Gasteiger partial charge in [0, 0.05) is 0 Å². The summed E-state index contributed by atoms with van der Waals surface area (Å²) in [5, 5.41) is 1.57. The van der Waals surface area contributed by atoms with Crippen LogP contribution in [0.25, 0.3) is 0 Å². The molecule has 118 valence electrons. The normalized spacial score (nSPS) is 9.70. The number of rotatable bonds is 3. The first-order valence-electron chi connectivity index (χ1n) is 6.95. The van der Waals surface area contributed by atoms with Crippen LogP contribution in [0.5, 0.6) is 5.75 Å². The summed E-state index contributed by atoms with van der Waals surface area (Å²) in [7, 11) is 1.66. The Balaban J connectivity index is 0.000000203. The molecule has 4 heteroatoms. The Bertz CT molecular complexity index is 654. The fourth-order valence-electron chi connectivity index (χ4n) is 1.70. The van der Waals surface area contributed by atoms with Crippen LogP contribution in [0.3, 0.4) is 0 Å². The van der Waals surface area contributed by atoms with E-state index < -0.39 is 0 Å². The maximum atomic E-state index is 5.82. The first-order chi connectivity index (χ1) is 11.2. The van der Waals surface area contributed by atoms with E-state index in [1.54, 1.807) is 7.11 Å². The number of para-hydroxylation sites is 1. The summed E-state index contributed by atoms with van der Waals surface area (Å²) in [6.45, 7) is 0. The number of methoxy groups -OCH3 is 1. The molecule has 0 radical (unpaired) electrons. The minimum atomic E-state index is 0.329. The topological polar surface area (TPSA) is 9.23 Å². The van der Waals surface area contributed by atoms with Crippen LogP contribution in [0.4, 0.5) is 0 Å². The molecular weight excluding hydrogens is 394 g/mol. The summed E-state index contributed by atoms with van der Waals surface area (Å²) in [6.07, 6.45) is 0. The van der Waals surface area contributed by atoms with Crippen LogP contribution in [-0.4, -0.2) is 22.1 Å². The fourth-order valence-corrected chi connectivity index (χ4v) is 3.66. The van der Waals surface area contributed by atoms with Crippen molar-refractivity contribution in [3.8, 4) is 5.75 Å². The molecule has 0 aliphatic carbocycles. The van der Waals surface area contributed by atoms with Crippen LogP contribution in [0.2, 0.25) is 10.0 Å². The van der Waals surface area contributed by atoms with E-state index in [9.17, 15) is 0 Å². The molecule has 3 aromatic carbocycles. The van der Waals surface area contributed by atoms with Gasteiger partial charge >= 0.3 is 106 Å². The third kappa shape index (κ3) is 6.68. The van der Waals surface area contributed by atoms with E-state index >= 15 is 0 Å². The quantitative estimate of drug-likeness (QED) is 0.584. The van der Waals surface area contributed by atoms with Crippen LogP contribution in [0, 0.1) is 0 Å². The van der Waals surface area contributed by atoms with Crippen molar-refractivity contribution in [3.05, 3.63) is 88.9 Å². The van der Waals surface area contributed by atoms with E-state index in [1.807, 2.05) is 54.6 Å². The second-order valence-corrected chi connectivity index (χ2v) is 7.81. The standard InChI is InChI=1S/C12H8Cl2Se.C7H8O/c13-9-1-5-11(6-2-9)15-12-7-3-10(14)4-8-12;1-8-7-5-3-2-4-6-7/h1-8H;2-6H,1H3. The predicted octanol–water partition coefficient (Wildman–Crippen LogP) is 4.34. The molecule has 0 heterocycles. The first-order valence-corrected chi connectivity index (χ1v) is 9.42. The van der Waals surface area contributed by atoms with Gasteiger partial charge in [0.2, 0.25) is 0 Å². The number of ether oxygens (including phenoxy) is 1. The Morgan fingerprint density at radius 2 is 1.09 bits per heavy atom. The van der Waals surface area contributed by atoms with E-state index in [1.165, 1.54) is 8.92 Å². The van der Waals surface area contributed by atoms with Gasteiger partial charge in [0.15, 0.2) is 0 Å². The molecule has 0 aliphatic heterocycles. The summed E-state index contributed by atoms with van der Waals surface area (Å²) >= 11 is 12.0. The Morgan fingerprint density at radius 3 is 1.43 bits per heavy atom. The van der Waals surface area contributed by atoms with E-state index in [0.29, 0.717) is 15.0 Å². The van der Waals surface area contributed by atoms with Crippen molar-refractivity contribution in [2.45, 2.75) is 0 Å². The van der Waals surface area contributed by atoms with Crippen molar-refractivity contribution in [2.24, 2.45) is 0 Å². The van der Waals surface area contributed by atoms with Gasteiger partial charge in [-0.25, -0.2) is 0 Å². The van der Waals surface area contributed by atoms with Gasteiger partial charge in [-0.1, -0.05) is 18.2 Å². The monoisotopic (exact) mass is 410 g/mol. The van der Waals surface area contributed by atoms with Gasteiger partial charge in [0.25, 0.3) is 0 Å². The SMILES string of the molecule is COc1ccccc1.Clc1ccc([Se]c2ccc(Cl)cc2)cc1. The molecule has 0 fully saturated rings. The van der Waals surface area contributed by atoms with Crippen LogP contribution in [0.15, 0.2) is 78.9 Å². The third-order valence-electron chi connectivity index (χ3n) is 2.84. The van der Waals surface area contributed by atoms with E-state index in [4.69, 9.17) is 27.9 Å². The fraction of sp³-hybridized carbons (Fsp3) is 0.0526. The van der Waals surface area contributed by atoms with Crippen molar-refractivity contribution in [3.63, 3.8) is 0 Å². The summed E-state index contributed by atoms with van der Waals surface area (Å²) in [4.78, 5) is 0. The van der Waals surface area contributed by atoms with Gasteiger partial charge < -0.3 is 4.74 Å². The molecule has 3 rings (SSSR count). The summed E-state index contributed by atoms with van der Waals surface area (Å²) < 4.78 is 7.54. The average molecular weight is 410 g/mol. The molecule has 0 aromatic heterocycles. The van der Waals surface area contributed by atoms with Gasteiger partial charge in [-0.3, -0.25) is 0 Å². The molecule has 0 spiro atoms. The molecule has 0 unspecified atom stereocenters. The van der Waals surface area contributed by atoms with Crippen molar-refractivity contribution in [2.75, 3.05) is 7.11 Å². The number of halogens is 2. The first kappa shape index (κ1) is 17.9.